The summed E-state index contributed by atoms with van der Waals surface area (Å²) >= 11 is 0. The molecule has 126 valence electrons. The number of hydrogen-bond acceptors (Lipinski definition) is 2. The molecule has 1 aliphatic heterocycles. The summed E-state index contributed by atoms with van der Waals surface area (Å²) in [5.41, 5.74) is 0.508. The quantitative estimate of drug-likeness (QED) is 0.819. The molecule has 1 aromatic carbocycles. The van der Waals surface area contributed by atoms with Gasteiger partial charge in [0, 0.05) is 31.1 Å². The molecule has 2 amide bonds. The van der Waals surface area contributed by atoms with E-state index in [9.17, 15) is 14.0 Å². The van der Waals surface area contributed by atoms with Gasteiger partial charge in [-0.1, -0.05) is 19.8 Å². The fraction of sp³-hybridized carbons (Fsp3) is 0.556. The summed E-state index contributed by atoms with van der Waals surface area (Å²) in [6, 6.07) is 5.78. The zero-order chi connectivity index (χ0) is 16.7. The smallest absolute Gasteiger partial charge is 0.253 e. The van der Waals surface area contributed by atoms with Gasteiger partial charge in [-0.2, -0.15) is 0 Å². The van der Waals surface area contributed by atoms with Gasteiger partial charge in [-0.25, -0.2) is 4.39 Å². The predicted octanol–water partition coefficient (Wildman–Crippen LogP) is 3.13. The van der Waals surface area contributed by atoms with Gasteiger partial charge >= 0.3 is 0 Å². The van der Waals surface area contributed by atoms with Crippen molar-refractivity contribution >= 4 is 11.8 Å². The molecular weight excluding hydrogens is 295 g/mol. The van der Waals surface area contributed by atoms with E-state index in [-0.39, 0.29) is 23.7 Å². The van der Waals surface area contributed by atoms with Crippen LogP contribution in [0, 0.1) is 5.82 Å². The number of amides is 2. The number of rotatable bonds is 6. The Morgan fingerprint density at radius 3 is 2.43 bits per heavy atom. The number of benzene rings is 1. The minimum absolute atomic E-state index is 0.0716. The van der Waals surface area contributed by atoms with Crippen molar-refractivity contribution in [3.63, 3.8) is 0 Å². The molecule has 0 bridgehead atoms. The second-order valence-corrected chi connectivity index (χ2v) is 6.10. The number of nitrogens with zero attached hydrogens (tertiary/aromatic N) is 1. The average Bonchev–Trinajstić information content (AvgIpc) is 2.56. The first kappa shape index (κ1) is 17.4. The van der Waals surface area contributed by atoms with Crippen LogP contribution in [0.2, 0.25) is 0 Å². The summed E-state index contributed by atoms with van der Waals surface area (Å²) in [6.07, 6.45) is 5.25. The Hall–Kier alpha value is -1.91. The van der Waals surface area contributed by atoms with Gasteiger partial charge in [-0.05, 0) is 43.5 Å². The van der Waals surface area contributed by atoms with Crippen LogP contribution >= 0.6 is 0 Å². The van der Waals surface area contributed by atoms with E-state index in [1.54, 1.807) is 4.90 Å². The topological polar surface area (TPSA) is 49.4 Å². The molecule has 0 aromatic heterocycles. The highest BCUT2D eigenvalue weighted by Crippen LogP contribution is 2.15. The molecular formula is C18H25FN2O2. The highest BCUT2D eigenvalue weighted by atomic mass is 19.1. The van der Waals surface area contributed by atoms with Crippen LogP contribution in [0.25, 0.3) is 0 Å². The SMILES string of the molecule is CCCCCC(=O)NC1CCN(C(=O)c2ccc(F)cc2)CC1. The Morgan fingerprint density at radius 1 is 1.17 bits per heavy atom. The van der Waals surface area contributed by atoms with Crippen molar-refractivity contribution in [2.24, 2.45) is 0 Å². The molecule has 1 heterocycles. The molecule has 5 heteroatoms. The lowest BCUT2D eigenvalue weighted by Crippen LogP contribution is -2.46. The van der Waals surface area contributed by atoms with E-state index in [1.165, 1.54) is 24.3 Å². The Balaban J connectivity index is 1.76. The summed E-state index contributed by atoms with van der Waals surface area (Å²) in [7, 11) is 0. The number of likely N-dealkylation sites (tertiary alicyclic amines) is 1. The van der Waals surface area contributed by atoms with E-state index in [4.69, 9.17) is 0 Å². The average molecular weight is 320 g/mol. The molecule has 1 saturated heterocycles. The van der Waals surface area contributed by atoms with Crippen LogP contribution in [-0.2, 0) is 4.79 Å². The van der Waals surface area contributed by atoms with Crippen molar-refractivity contribution in [2.75, 3.05) is 13.1 Å². The fourth-order valence-corrected chi connectivity index (χ4v) is 2.84. The highest BCUT2D eigenvalue weighted by Gasteiger charge is 2.24. The molecule has 2 rings (SSSR count). The van der Waals surface area contributed by atoms with Gasteiger partial charge < -0.3 is 10.2 Å². The molecule has 0 saturated carbocycles. The maximum absolute atomic E-state index is 12.9. The van der Waals surface area contributed by atoms with Gasteiger partial charge in [-0.3, -0.25) is 9.59 Å². The van der Waals surface area contributed by atoms with Crippen LogP contribution in [0.3, 0.4) is 0 Å². The Kier molecular flexibility index (Phi) is 6.56. The van der Waals surface area contributed by atoms with E-state index in [1.807, 2.05) is 0 Å². The number of piperidine rings is 1. The first-order valence-corrected chi connectivity index (χ1v) is 8.44. The first-order valence-electron chi connectivity index (χ1n) is 8.44. The van der Waals surface area contributed by atoms with Crippen molar-refractivity contribution in [3.05, 3.63) is 35.6 Å². The lowest BCUT2D eigenvalue weighted by molar-refractivity contribution is -0.122. The van der Waals surface area contributed by atoms with Crippen LogP contribution in [0.15, 0.2) is 24.3 Å². The van der Waals surface area contributed by atoms with Crippen molar-refractivity contribution < 1.29 is 14.0 Å². The lowest BCUT2D eigenvalue weighted by Gasteiger charge is -2.32. The van der Waals surface area contributed by atoms with E-state index in [0.29, 0.717) is 25.1 Å². The van der Waals surface area contributed by atoms with Gasteiger partial charge in [0.25, 0.3) is 5.91 Å². The number of carbonyl (C=O) groups is 2. The minimum atomic E-state index is -0.342. The summed E-state index contributed by atoms with van der Waals surface area (Å²) in [5.74, 6) is -0.300. The lowest BCUT2D eigenvalue weighted by atomic mass is 10.0. The van der Waals surface area contributed by atoms with Crippen molar-refractivity contribution in [3.8, 4) is 0 Å². The van der Waals surface area contributed by atoms with Crippen LogP contribution in [0.5, 0.6) is 0 Å². The monoisotopic (exact) mass is 320 g/mol. The molecule has 1 N–H and O–H groups in total. The first-order chi connectivity index (χ1) is 11.1. The molecule has 0 radical (unpaired) electrons. The van der Waals surface area contributed by atoms with Crippen molar-refractivity contribution in [1.29, 1.82) is 0 Å². The maximum atomic E-state index is 12.9. The summed E-state index contributed by atoms with van der Waals surface area (Å²) in [5, 5.41) is 3.06. The molecule has 0 atom stereocenters. The third-order valence-electron chi connectivity index (χ3n) is 4.25. The van der Waals surface area contributed by atoms with Crippen molar-refractivity contribution in [1.82, 2.24) is 10.2 Å². The van der Waals surface area contributed by atoms with E-state index in [0.717, 1.165) is 32.1 Å². The standard InChI is InChI=1S/C18H25FN2O2/c1-2-3-4-5-17(22)20-16-10-12-21(13-11-16)18(23)14-6-8-15(19)9-7-14/h6-9,16H,2-5,10-13H2,1H3,(H,20,22). The van der Waals surface area contributed by atoms with Crippen LogP contribution in [0.4, 0.5) is 4.39 Å². The van der Waals surface area contributed by atoms with Gasteiger partial charge in [-0.15, -0.1) is 0 Å². The third-order valence-corrected chi connectivity index (χ3v) is 4.25. The predicted molar refractivity (Wildman–Crippen MR) is 87.6 cm³/mol. The molecule has 0 unspecified atom stereocenters. The van der Waals surface area contributed by atoms with Crippen molar-refractivity contribution in [2.45, 2.75) is 51.5 Å². The number of nitrogens with one attached hydrogen (secondary N) is 1. The summed E-state index contributed by atoms with van der Waals surface area (Å²) < 4.78 is 12.9. The highest BCUT2D eigenvalue weighted by molar-refractivity contribution is 5.94. The number of hydrogen-bond donors (Lipinski definition) is 1. The van der Waals surface area contributed by atoms with Crippen LogP contribution in [0.1, 0.15) is 55.8 Å². The van der Waals surface area contributed by atoms with E-state index in [2.05, 4.69) is 12.2 Å². The van der Waals surface area contributed by atoms with Gasteiger partial charge in [0.15, 0.2) is 0 Å². The molecule has 0 aliphatic carbocycles. The zero-order valence-corrected chi connectivity index (χ0v) is 13.7. The number of halogens is 1. The molecule has 23 heavy (non-hydrogen) atoms. The normalized spacial score (nSPS) is 15.5. The van der Waals surface area contributed by atoms with Gasteiger partial charge in [0.2, 0.25) is 5.91 Å². The Labute approximate surface area is 137 Å². The molecule has 1 aliphatic rings. The molecule has 1 aromatic rings. The summed E-state index contributed by atoms with van der Waals surface area (Å²) in [4.78, 5) is 25.9. The zero-order valence-electron chi connectivity index (χ0n) is 13.7. The Bertz CT molecular complexity index is 522. The van der Waals surface area contributed by atoms with Gasteiger partial charge in [0.05, 0.1) is 0 Å². The van der Waals surface area contributed by atoms with Crippen LogP contribution < -0.4 is 5.32 Å². The second-order valence-electron chi connectivity index (χ2n) is 6.10. The molecule has 1 fully saturated rings. The molecule has 4 nitrogen and oxygen atoms in total. The Morgan fingerprint density at radius 2 is 1.83 bits per heavy atom. The fourth-order valence-electron chi connectivity index (χ4n) is 2.84. The minimum Gasteiger partial charge on any atom is -0.353 e. The number of unbranched alkanes of at least 4 members (excludes halogenated alkanes) is 2. The molecule has 0 spiro atoms. The maximum Gasteiger partial charge on any atom is 0.253 e. The summed E-state index contributed by atoms with van der Waals surface area (Å²) in [6.45, 7) is 3.36. The van der Waals surface area contributed by atoms with E-state index < -0.39 is 0 Å². The third kappa shape index (κ3) is 5.34. The largest absolute Gasteiger partial charge is 0.353 e. The van der Waals surface area contributed by atoms with E-state index >= 15 is 0 Å². The second kappa shape index (κ2) is 8.65. The van der Waals surface area contributed by atoms with Crippen LogP contribution in [-0.4, -0.2) is 35.8 Å². The number of carbonyl (C=O) groups excluding carboxylic acids is 2. The van der Waals surface area contributed by atoms with Gasteiger partial charge in [0.1, 0.15) is 5.82 Å².